The average molecular weight is 518 g/mol. The summed E-state index contributed by atoms with van der Waals surface area (Å²) in [4.78, 5) is 31.3. The van der Waals surface area contributed by atoms with E-state index in [4.69, 9.17) is 4.74 Å². The number of nitrogens with zero attached hydrogens (tertiary/aromatic N) is 2. The number of halogens is 1. The molecule has 0 bridgehead atoms. The molecule has 1 aliphatic rings. The summed E-state index contributed by atoms with van der Waals surface area (Å²) in [5.74, 6) is -1.29. The lowest BCUT2D eigenvalue weighted by atomic mass is 9.79. The van der Waals surface area contributed by atoms with E-state index in [0.717, 1.165) is 26.1 Å². The van der Waals surface area contributed by atoms with Gasteiger partial charge < -0.3 is 15.0 Å². The van der Waals surface area contributed by atoms with Gasteiger partial charge in [0.25, 0.3) is 5.91 Å². The van der Waals surface area contributed by atoms with E-state index < -0.39 is 12.0 Å². The van der Waals surface area contributed by atoms with Gasteiger partial charge in [0.2, 0.25) is 5.91 Å². The quantitative estimate of drug-likeness (QED) is 0.351. The third-order valence-electron chi connectivity index (χ3n) is 7.12. The maximum atomic E-state index is 13.8. The van der Waals surface area contributed by atoms with Crippen molar-refractivity contribution in [1.29, 1.82) is 0 Å². The summed E-state index contributed by atoms with van der Waals surface area (Å²) in [6.45, 7) is 5.94. The molecule has 0 unspecified atom stereocenters. The molecule has 0 aromatic heterocycles. The first kappa shape index (κ1) is 27.5. The smallest absolute Gasteiger partial charge is 0.254 e. The van der Waals surface area contributed by atoms with Crippen molar-refractivity contribution in [2.75, 3.05) is 39.9 Å². The summed E-state index contributed by atoms with van der Waals surface area (Å²) in [6.07, 6.45) is 0.800. The molecular formula is C31H36FN3O3. The predicted octanol–water partition coefficient (Wildman–Crippen LogP) is 4.78. The van der Waals surface area contributed by atoms with Gasteiger partial charge in [0, 0.05) is 38.9 Å². The van der Waals surface area contributed by atoms with Crippen LogP contribution in [0.1, 0.15) is 52.4 Å². The maximum Gasteiger partial charge on any atom is 0.254 e. The SMILES string of the molecule is CCN(CCCNC(=O)[C@@H]1c2ccccc2C(=O)N(CCOC)[C@H]1c1ccc(F)cc1)Cc1ccccc1. The van der Waals surface area contributed by atoms with Crippen molar-refractivity contribution in [3.8, 4) is 0 Å². The second kappa shape index (κ2) is 13.3. The molecule has 2 amide bonds. The van der Waals surface area contributed by atoms with Gasteiger partial charge in [-0.1, -0.05) is 67.6 Å². The van der Waals surface area contributed by atoms with Crippen LogP contribution in [0.2, 0.25) is 0 Å². The van der Waals surface area contributed by atoms with Gasteiger partial charge in [-0.2, -0.15) is 0 Å². The van der Waals surface area contributed by atoms with E-state index in [2.05, 4.69) is 29.3 Å². The van der Waals surface area contributed by atoms with Crippen LogP contribution in [-0.2, 0) is 16.1 Å². The highest BCUT2D eigenvalue weighted by molar-refractivity contribution is 6.01. The predicted molar refractivity (Wildman–Crippen MR) is 146 cm³/mol. The number of methoxy groups -OCH3 is 1. The second-order valence-corrected chi connectivity index (χ2v) is 9.55. The normalized spacial score (nSPS) is 16.9. The Kier molecular flexibility index (Phi) is 9.62. The molecule has 4 rings (SSSR count). The lowest BCUT2D eigenvalue weighted by Crippen LogP contribution is -2.48. The van der Waals surface area contributed by atoms with E-state index in [9.17, 15) is 14.0 Å². The Bertz CT molecular complexity index is 1200. The zero-order valence-corrected chi connectivity index (χ0v) is 22.1. The Labute approximate surface area is 224 Å². The lowest BCUT2D eigenvalue weighted by molar-refractivity contribution is -0.124. The molecule has 3 aromatic rings. The highest BCUT2D eigenvalue weighted by Crippen LogP contribution is 2.42. The van der Waals surface area contributed by atoms with Crippen molar-refractivity contribution in [2.24, 2.45) is 0 Å². The van der Waals surface area contributed by atoms with Gasteiger partial charge in [0.05, 0.1) is 18.6 Å². The number of rotatable bonds is 12. The van der Waals surface area contributed by atoms with Crippen molar-refractivity contribution < 1.29 is 18.7 Å². The van der Waals surface area contributed by atoms with Gasteiger partial charge in [-0.25, -0.2) is 4.39 Å². The van der Waals surface area contributed by atoms with Crippen molar-refractivity contribution in [3.05, 3.63) is 107 Å². The largest absolute Gasteiger partial charge is 0.383 e. The highest BCUT2D eigenvalue weighted by Gasteiger charge is 2.43. The third kappa shape index (κ3) is 6.47. The Morgan fingerprint density at radius 1 is 1.03 bits per heavy atom. The van der Waals surface area contributed by atoms with E-state index >= 15 is 0 Å². The standard InChI is InChI=1S/C31H36FN3O3/c1-3-34(22-23-10-5-4-6-11-23)19-9-18-33-30(36)28-26-12-7-8-13-27(26)31(37)35(20-21-38-2)29(28)24-14-16-25(32)17-15-24/h4-8,10-17,28-29H,3,9,18-22H2,1-2H3,(H,33,36)/t28-,29+/m1/s1. The number of fused-ring (bicyclic) bond motifs is 1. The number of nitrogens with one attached hydrogen (secondary N) is 1. The molecule has 0 fully saturated rings. The lowest BCUT2D eigenvalue weighted by Gasteiger charge is -2.41. The summed E-state index contributed by atoms with van der Waals surface area (Å²) < 4.78 is 19.1. The van der Waals surface area contributed by atoms with Gasteiger partial charge >= 0.3 is 0 Å². The molecule has 1 heterocycles. The molecule has 3 aromatic carbocycles. The van der Waals surface area contributed by atoms with Crippen LogP contribution in [-0.4, -0.2) is 61.5 Å². The topological polar surface area (TPSA) is 61.9 Å². The van der Waals surface area contributed by atoms with Crippen LogP contribution in [0.3, 0.4) is 0 Å². The van der Waals surface area contributed by atoms with Crippen LogP contribution in [0, 0.1) is 5.82 Å². The van der Waals surface area contributed by atoms with Crippen LogP contribution >= 0.6 is 0 Å². The van der Waals surface area contributed by atoms with Gasteiger partial charge in [0.1, 0.15) is 5.82 Å². The number of amides is 2. The zero-order chi connectivity index (χ0) is 26.9. The second-order valence-electron chi connectivity index (χ2n) is 9.55. The summed E-state index contributed by atoms with van der Waals surface area (Å²) >= 11 is 0. The van der Waals surface area contributed by atoms with Crippen LogP contribution < -0.4 is 5.32 Å². The number of benzene rings is 3. The zero-order valence-electron chi connectivity index (χ0n) is 22.1. The number of carbonyl (C=O) groups excluding carboxylic acids is 2. The molecule has 7 heteroatoms. The summed E-state index contributed by atoms with van der Waals surface area (Å²) in [7, 11) is 1.58. The Hall–Kier alpha value is -3.55. The van der Waals surface area contributed by atoms with Crippen molar-refractivity contribution >= 4 is 11.8 Å². The van der Waals surface area contributed by atoms with Gasteiger partial charge in [-0.15, -0.1) is 0 Å². The number of hydrogen-bond acceptors (Lipinski definition) is 4. The molecule has 6 nitrogen and oxygen atoms in total. The fourth-order valence-electron chi connectivity index (χ4n) is 5.16. The van der Waals surface area contributed by atoms with Crippen LogP contribution in [0.25, 0.3) is 0 Å². The van der Waals surface area contributed by atoms with E-state index in [1.165, 1.54) is 17.7 Å². The van der Waals surface area contributed by atoms with Gasteiger partial charge in [0.15, 0.2) is 0 Å². The minimum absolute atomic E-state index is 0.146. The van der Waals surface area contributed by atoms with Gasteiger partial charge in [-0.05, 0) is 47.9 Å². The van der Waals surface area contributed by atoms with Gasteiger partial charge in [-0.3, -0.25) is 14.5 Å². The summed E-state index contributed by atoms with van der Waals surface area (Å²) in [5.41, 5.74) is 3.19. The first-order chi connectivity index (χ1) is 18.5. The molecule has 1 aliphatic heterocycles. The average Bonchev–Trinajstić information content (AvgIpc) is 2.95. The first-order valence-corrected chi connectivity index (χ1v) is 13.2. The maximum absolute atomic E-state index is 13.8. The molecule has 0 radical (unpaired) electrons. The van der Waals surface area contributed by atoms with Crippen molar-refractivity contribution in [1.82, 2.24) is 15.1 Å². The molecule has 200 valence electrons. The molecule has 0 aliphatic carbocycles. The Morgan fingerprint density at radius 2 is 1.74 bits per heavy atom. The fraction of sp³-hybridized carbons (Fsp3) is 0.355. The molecule has 38 heavy (non-hydrogen) atoms. The molecule has 0 spiro atoms. The van der Waals surface area contributed by atoms with Crippen LogP contribution in [0.15, 0.2) is 78.9 Å². The van der Waals surface area contributed by atoms with E-state index in [1.54, 1.807) is 30.2 Å². The fourth-order valence-corrected chi connectivity index (χ4v) is 5.16. The van der Waals surface area contributed by atoms with Crippen molar-refractivity contribution in [3.63, 3.8) is 0 Å². The van der Waals surface area contributed by atoms with Crippen molar-refractivity contribution in [2.45, 2.75) is 31.8 Å². The highest BCUT2D eigenvalue weighted by atomic mass is 19.1. The number of hydrogen-bond donors (Lipinski definition) is 1. The minimum Gasteiger partial charge on any atom is -0.383 e. The number of ether oxygens (including phenoxy) is 1. The minimum atomic E-state index is -0.627. The molecule has 0 saturated heterocycles. The van der Waals surface area contributed by atoms with Crippen LogP contribution in [0.4, 0.5) is 4.39 Å². The molecule has 1 N–H and O–H groups in total. The van der Waals surface area contributed by atoms with E-state index in [-0.39, 0.29) is 17.6 Å². The Balaban J connectivity index is 1.52. The summed E-state index contributed by atoms with van der Waals surface area (Å²) in [5, 5.41) is 3.13. The summed E-state index contributed by atoms with van der Waals surface area (Å²) in [6, 6.07) is 23.1. The third-order valence-corrected chi connectivity index (χ3v) is 7.12. The molecular weight excluding hydrogens is 481 g/mol. The molecule has 2 atom stereocenters. The molecule has 0 saturated carbocycles. The van der Waals surface area contributed by atoms with E-state index in [1.807, 2.05) is 36.4 Å². The first-order valence-electron chi connectivity index (χ1n) is 13.2. The number of carbonyl (C=O) groups is 2. The van der Waals surface area contributed by atoms with Crippen LogP contribution in [0.5, 0.6) is 0 Å². The Morgan fingerprint density at radius 3 is 2.45 bits per heavy atom. The monoisotopic (exact) mass is 517 g/mol. The van der Waals surface area contributed by atoms with E-state index in [0.29, 0.717) is 36.4 Å².